The van der Waals surface area contributed by atoms with Crippen molar-refractivity contribution in [3.63, 3.8) is 0 Å². The molecule has 1 aromatic heterocycles. The highest BCUT2D eigenvalue weighted by atomic mass is 16.5. The van der Waals surface area contributed by atoms with Crippen LogP contribution in [0.2, 0.25) is 0 Å². The molecule has 0 bridgehead atoms. The molecule has 26 heavy (non-hydrogen) atoms. The number of hydrogen-bond acceptors (Lipinski definition) is 6. The van der Waals surface area contributed by atoms with Crippen molar-refractivity contribution in [3.8, 4) is 0 Å². The van der Waals surface area contributed by atoms with Crippen LogP contribution in [-0.2, 0) is 9.53 Å². The summed E-state index contributed by atoms with van der Waals surface area (Å²) in [5.74, 6) is -1.30. The summed E-state index contributed by atoms with van der Waals surface area (Å²) in [4.78, 5) is 44.0. The van der Waals surface area contributed by atoms with E-state index < -0.39 is 12.1 Å². The molecule has 0 spiro atoms. The van der Waals surface area contributed by atoms with E-state index in [0.29, 0.717) is 16.9 Å². The summed E-state index contributed by atoms with van der Waals surface area (Å²) < 4.78 is 5.16. The molecule has 0 unspecified atom stereocenters. The van der Waals surface area contributed by atoms with Crippen LogP contribution >= 0.6 is 0 Å². The first-order chi connectivity index (χ1) is 12.3. The number of esters is 1. The third kappa shape index (κ3) is 4.95. The van der Waals surface area contributed by atoms with Gasteiger partial charge in [-0.1, -0.05) is 13.8 Å². The Morgan fingerprint density at radius 1 is 1.00 bits per heavy atom. The summed E-state index contributed by atoms with van der Waals surface area (Å²) in [6, 6.07) is 6.42. The molecule has 2 rings (SSSR count). The Morgan fingerprint density at radius 3 is 2.19 bits per heavy atom. The van der Waals surface area contributed by atoms with Crippen molar-refractivity contribution >= 4 is 23.3 Å². The van der Waals surface area contributed by atoms with Gasteiger partial charge in [0.15, 0.2) is 11.8 Å². The molecule has 0 aliphatic carbocycles. The van der Waals surface area contributed by atoms with Crippen molar-refractivity contribution in [2.45, 2.75) is 33.8 Å². The zero-order valence-corrected chi connectivity index (χ0v) is 15.1. The molecule has 0 saturated heterocycles. The number of anilines is 1. The zero-order chi connectivity index (χ0) is 19.3. The minimum absolute atomic E-state index is 0.0435. The number of carbonyl (C=O) groups excluding carboxylic acids is 3. The van der Waals surface area contributed by atoms with Crippen LogP contribution in [0.5, 0.6) is 0 Å². The van der Waals surface area contributed by atoms with Gasteiger partial charge >= 0.3 is 5.97 Å². The van der Waals surface area contributed by atoms with E-state index in [1.165, 1.54) is 19.3 Å². The van der Waals surface area contributed by atoms with E-state index in [1.807, 2.05) is 0 Å². The largest absolute Gasteiger partial charge is 0.449 e. The number of Topliss-reactive ketones (excluding diaryl/α,β-unsaturated/α-hetero) is 1. The second-order valence-electron chi connectivity index (χ2n) is 6.18. The van der Waals surface area contributed by atoms with Crippen molar-refractivity contribution in [1.29, 1.82) is 0 Å². The first kappa shape index (κ1) is 19.2. The lowest BCUT2D eigenvalue weighted by atomic mass is 10.1. The zero-order valence-electron chi connectivity index (χ0n) is 15.1. The SMILES string of the molecule is Cc1cnc(C(=O)O[C@@H](C)C(=O)c2ccc(NC(=O)C(C)C)cc2)cn1. The molecule has 1 aromatic carbocycles. The van der Waals surface area contributed by atoms with Crippen molar-refractivity contribution in [2.75, 3.05) is 5.32 Å². The number of carbonyl (C=O) groups is 3. The van der Waals surface area contributed by atoms with Crippen molar-refractivity contribution in [1.82, 2.24) is 9.97 Å². The maximum atomic E-state index is 12.4. The van der Waals surface area contributed by atoms with Crippen LogP contribution in [0.3, 0.4) is 0 Å². The molecule has 0 aliphatic rings. The van der Waals surface area contributed by atoms with Gasteiger partial charge in [-0.25, -0.2) is 9.78 Å². The van der Waals surface area contributed by atoms with Gasteiger partial charge in [-0.2, -0.15) is 0 Å². The number of benzene rings is 1. The second-order valence-corrected chi connectivity index (χ2v) is 6.18. The monoisotopic (exact) mass is 355 g/mol. The third-order valence-corrected chi connectivity index (χ3v) is 3.60. The molecule has 1 atom stereocenters. The Bertz CT molecular complexity index is 799. The molecular weight excluding hydrogens is 334 g/mol. The fourth-order valence-corrected chi connectivity index (χ4v) is 2.01. The number of ketones is 1. The van der Waals surface area contributed by atoms with Gasteiger partial charge in [0.05, 0.1) is 11.9 Å². The summed E-state index contributed by atoms with van der Waals surface area (Å²) in [5, 5.41) is 2.74. The smallest absolute Gasteiger partial charge is 0.359 e. The number of nitrogens with zero attached hydrogens (tertiary/aromatic N) is 2. The molecular formula is C19H21N3O4. The first-order valence-corrected chi connectivity index (χ1v) is 8.22. The lowest BCUT2D eigenvalue weighted by molar-refractivity contribution is -0.118. The Morgan fingerprint density at radius 2 is 1.65 bits per heavy atom. The number of nitrogens with one attached hydrogen (secondary N) is 1. The summed E-state index contributed by atoms with van der Waals surface area (Å²) in [5.41, 5.74) is 1.69. The maximum Gasteiger partial charge on any atom is 0.359 e. The molecule has 136 valence electrons. The van der Waals surface area contributed by atoms with E-state index in [9.17, 15) is 14.4 Å². The van der Waals surface area contributed by atoms with Crippen molar-refractivity contribution < 1.29 is 19.1 Å². The number of hydrogen-bond donors (Lipinski definition) is 1. The van der Waals surface area contributed by atoms with E-state index in [4.69, 9.17) is 4.74 Å². The van der Waals surface area contributed by atoms with Crippen LogP contribution in [0, 0.1) is 12.8 Å². The average molecular weight is 355 g/mol. The summed E-state index contributed by atoms with van der Waals surface area (Å²) >= 11 is 0. The van der Waals surface area contributed by atoms with Gasteiger partial charge < -0.3 is 10.1 Å². The molecule has 2 aromatic rings. The van der Waals surface area contributed by atoms with Crippen LogP contribution in [0.25, 0.3) is 0 Å². The highest BCUT2D eigenvalue weighted by Gasteiger charge is 2.21. The van der Waals surface area contributed by atoms with Gasteiger partial charge in [-0.15, -0.1) is 0 Å². The van der Waals surface area contributed by atoms with E-state index >= 15 is 0 Å². The van der Waals surface area contributed by atoms with E-state index in [0.717, 1.165) is 0 Å². The van der Waals surface area contributed by atoms with Crippen LogP contribution < -0.4 is 5.32 Å². The highest BCUT2D eigenvalue weighted by Crippen LogP contribution is 2.14. The highest BCUT2D eigenvalue weighted by molar-refractivity contribution is 6.01. The van der Waals surface area contributed by atoms with Gasteiger partial charge in [0.1, 0.15) is 0 Å². The minimum Gasteiger partial charge on any atom is -0.449 e. The summed E-state index contributed by atoms with van der Waals surface area (Å²) in [6.45, 7) is 6.83. The maximum absolute atomic E-state index is 12.4. The van der Waals surface area contributed by atoms with Crippen LogP contribution in [-0.4, -0.2) is 33.7 Å². The fourth-order valence-electron chi connectivity index (χ4n) is 2.01. The Labute approximate surface area is 151 Å². The molecule has 7 heteroatoms. The van der Waals surface area contributed by atoms with Gasteiger partial charge in [0, 0.05) is 23.4 Å². The van der Waals surface area contributed by atoms with Crippen LogP contribution in [0.4, 0.5) is 5.69 Å². The number of aryl methyl sites for hydroxylation is 1. The molecule has 0 saturated carbocycles. The molecule has 1 amide bonds. The van der Waals surface area contributed by atoms with Gasteiger partial charge in [0.2, 0.25) is 11.7 Å². The summed E-state index contributed by atoms with van der Waals surface area (Å²) in [6.07, 6.45) is 1.79. The molecule has 7 nitrogen and oxygen atoms in total. The molecule has 1 heterocycles. The van der Waals surface area contributed by atoms with Crippen molar-refractivity contribution in [3.05, 3.63) is 53.6 Å². The average Bonchev–Trinajstić information content (AvgIpc) is 2.62. The number of amides is 1. The van der Waals surface area contributed by atoms with E-state index in [1.54, 1.807) is 45.0 Å². The summed E-state index contributed by atoms with van der Waals surface area (Å²) in [7, 11) is 0. The number of rotatable bonds is 6. The van der Waals surface area contributed by atoms with Gasteiger partial charge in [-0.3, -0.25) is 14.6 Å². The Kier molecular flexibility index (Phi) is 6.16. The molecule has 0 fully saturated rings. The first-order valence-electron chi connectivity index (χ1n) is 8.22. The topological polar surface area (TPSA) is 98.2 Å². The fraction of sp³-hybridized carbons (Fsp3) is 0.316. The lowest BCUT2D eigenvalue weighted by Gasteiger charge is -2.13. The Balaban J connectivity index is 2.00. The van der Waals surface area contributed by atoms with E-state index in [2.05, 4.69) is 15.3 Å². The molecule has 0 radical (unpaired) electrons. The molecule has 1 N–H and O–H groups in total. The van der Waals surface area contributed by atoms with E-state index in [-0.39, 0.29) is 23.3 Å². The predicted molar refractivity (Wildman–Crippen MR) is 95.9 cm³/mol. The predicted octanol–water partition coefficient (Wildman–Crippen LogP) is 2.81. The quantitative estimate of drug-likeness (QED) is 0.632. The lowest BCUT2D eigenvalue weighted by Crippen LogP contribution is -2.25. The Hall–Kier alpha value is -3.09. The van der Waals surface area contributed by atoms with Crippen molar-refractivity contribution in [2.24, 2.45) is 5.92 Å². The third-order valence-electron chi connectivity index (χ3n) is 3.60. The minimum atomic E-state index is -0.971. The van der Waals surface area contributed by atoms with Gasteiger partial charge in [-0.05, 0) is 38.1 Å². The number of aromatic nitrogens is 2. The second kappa shape index (κ2) is 8.33. The standard InChI is InChI=1S/C19H21N3O4/c1-11(2)18(24)22-15-7-5-14(6-8-15)17(23)13(4)26-19(25)16-10-20-12(3)9-21-16/h5-11,13H,1-4H3,(H,22,24)/t13-/m0/s1. The van der Waals surface area contributed by atoms with Crippen LogP contribution in [0.15, 0.2) is 36.7 Å². The van der Waals surface area contributed by atoms with Gasteiger partial charge in [0.25, 0.3) is 0 Å². The normalized spacial score (nSPS) is 11.7. The number of ether oxygens (including phenoxy) is 1. The van der Waals surface area contributed by atoms with Crippen LogP contribution in [0.1, 0.15) is 47.3 Å². The molecule has 0 aliphatic heterocycles.